The second kappa shape index (κ2) is 5.84. The average molecular weight is 211 g/mol. The smallest absolute Gasteiger partial charge is 0.189 e. The Morgan fingerprint density at radius 1 is 1.33 bits per heavy atom. The Hall–Kier alpha value is -0.920. The van der Waals surface area contributed by atoms with Gasteiger partial charge in [-0.2, -0.15) is 0 Å². The first-order valence-corrected chi connectivity index (χ1v) is 5.65. The molecule has 1 saturated heterocycles. The molecule has 0 atom stereocenters. The second-order valence-corrected chi connectivity index (χ2v) is 4.41. The summed E-state index contributed by atoms with van der Waals surface area (Å²) in [6.07, 6.45) is 4.11. The van der Waals surface area contributed by atoms with E-state index in [4.69, 9.17) is 4.74 Å². The third-order valence-electron chi connectivity index (χ3n) is 2.37. The van der Waals surface area contributed by atoms with Crippen LogP contribution in [-0.4, -0.2) is 24.1 Å². The van der Waals surface area contributed by atoms with Crippen molar-refractivity contribution in [3.8, 4) is 0 Å². The Labute approximate surface area is 94.6 Å². The summed E-state index contributed by atoms with van der Waals surface area (Å²) >= 11 is 0. The lowest BCUT2D eigenvalue weighted by Gasteiger charge is -2.25. The molecule has 88 valence electrons. The van der Waals surface area contributed by atoms with E-state index in [1.54, 1.807) is 0 Å². The zero-order chi connectivity index (χ0) is 12.1. The monoisotopic (exact) mass is 211 g/mol. The van der Waals surface area contributed by atoms with Crippen molar-refractivity contribution >= 4 is 0 Å². The third-order valence-corrected chi connectivity index (χ3v) is 2.37. The van der Waals surface area contributed by atoms with Crippen LogP contribution >= 0.6 is 0 Å². The first-order valence-electron chi connectivity index (χ1n) is 5.65. The SMILES string of the molecule is CC.CC(C)=C/C=C1/OCC(C)(C)N1C. The van der Waals surface area contributed by atoms with E-state index < -0.39 is 0 Å². The van der Waals surface area contributed by atoms with Crippen LogP contribution in [0.25, 0.3) is 0 Å². The summed E-state index contributed by atoms with van der Waals surface area (Å²) in [4.78, 5) is 2.17. The van der Waals surface area contributed by atoms with Crippen molar-refractivity contribution in [2.45, 2.75) is 47.1 Å². The molecule has 0 aromatic carbocycles. The summed E-state index contributed by atoms with van der Waals surface area (Å²) in [5.74, 6) is 0.964. The minimum Gasteiger partial charge on any atom is -0.477 e. The Morgan fingerprint density at radius 3 is 2.20 bits per heavy atom. The first-order chi connectivity index (χ1) is 6.93. The van der Waals surface area contributed by atoms with E-state index in [9.17, 15) is 0 Å². The van der Waals surface area contributed by atoms with Crippen molar-refractivity contribution in [3.05, 3.63) is 23.6 Å². The molecule has 1 aliphatic rings. The zero-order valence-electron chi connectivity index (χ0n) is 11.2. The van der Waals surface area contributed by atoms with Gasteiger partial charge in [-0.1, -0.05) is 25.5 Å². The van der Waals surface area contributed by atoms with Crippen LogP contribution < -0.4 is 0 Å². The fraction of sp³-hybridized carbons (Fsp3) is 0.692. The van der Waals surface area contributed by atoms with Crippen LogP contribution in [-0.2, 0) is 4.74 Å². The van der Waals surface area contributed by atoms with Crippen LogP contribution in [0.2, 0.25) is 0 Å². The minimum absolute atomic E-state index is 0.126. The van der Waals surface area contributed by atoms with Gasteiger partial charge in [0, 0.05) is 7.05 Å². The molecule has 0 unspecified atom stereocenters. The molecule has 15 heavy (non-hydrogen) atoms. The Balaban J connectivity index is 0.000000921. The summed E-state index contributed by atoms with van der Waals surface area (Å²) in [5.41, 5.74) is 1.41. The van der Waals surface area contributed by atoms with Crippen molar-refractivity contribution in [2.75, 3.05) is 13.7 Å². The quantitative estimate of drug-likeness (QED) is 0.657. The van der Waals surface area contributed by atoms with Gasteiger partial charge in [0.15, 0.2) is 5.88 Å². The lowest BCUT2D eigenvalue weighted by molar-refractivity contribution is 0.236. The minimum atomic E-state index is 0.126. The van der Waals surface area contributed by atoms with Crippen molar-refractivity contribution < 1.29 is 4.74 Å². The fourth-order valence-corrected chi connectivity index (χ4v) is 1.14. The highest BCUT2D eigenvalue weighted by atomic mass is 16.5. The van der Waals surface area contributed by atoms with E-state index in [0.29, 0.717) is 0 Å². The van der Waals surface area contributed by atoms with Crippen molar-refractivity contribution in [1.29, 1.82) is 0 Å². The highest BCUT2D eigenvalue weighted by Gasteiger charge is 2.33. The van der Waals surface area contributed by atoms with Crippen LogP contribution in [0.15, 0.2) is 23.6 Å². The van der Waals surface area contributed by atoms with Crippen LogP contribution in [0.1, 0.15) is 41.5 Å². The van der Waals surface area contributed by atoms with Gasteiger partial charge in [0.2, 0.25) is 0 Å². The van der Waals surface area contributed by atoms with Gasteiger partial charge in [0.1, 0.15) is 6.61 Å². The maximum atomic E-state index is 5.57. The molecular formula is C13H25NO. The normalized spacial score (nSPS) is 20.5. The van der Waals surface area contributed by atoms with Gasteiger partial charge >= 0.3 is 0 Å². The zero-order valence-corrected chi connectivity index (χ0v) is 11.2. The van der Waals surface area contributed by atoms with E-state index in [1.165, 1.54) is 5.57 Å². The van der Waals surface area contributed by atoms with Crippen molar-refractivity contribution in [2.24, 2.45) is 0 Å². The second-order valence-electron chi connectivity index (χ2n) is 4.41. The van der Waals surface area contributed by atoms with Crippen LogP contribution in [0.3, 0.4) is 0 Å². The molecule has 0 bridgehead atoms. The lowest BCUT2D eigenvalue weighted by Crippen LogP contribution is -2.36. The highest BCUT2D eigenvalue weighted by Crippen LogP contribution is 2.27. The maximum Gasteiger partial charge on any atom is 0.189 e. The highest BCUT2D eigenvalue weighted by molar-refractivity contribution is 5.14. The summed E-state index contributed by atoms with van der Waals surface area (Å²) < 4.78 is 5.57. The van der Waals surface area contributed by atoms with E-state index in [1.807, 2.05) is 19.9 Å². The number of hydrogen-bond donors (Lipinski definition) is 0. The Bertz CT molecular complexity index is 247. The van der Waals surface area contributed by atoms with E-state index >= 15 is 0 Å². The Morgan fingerprint density at radius 2 is 1.87 bits per heavy atom. The van der Waals surface area contributed by atoms with E-state index in [-0.39, 0.29) is 5.54 Å². The predicted octanol–water partition coefficient (Wildman–Crippen LogP) is 3.56. The molecule has 0 radical (unpaired) electrons. The number of ether oxygens (including phenoxy) is 1. The fourth-order valence-electron chi connectivity index (χ4n) is 1.14. The van der Waals surface area contributed by atoms with Crippen LogP contribution in [0, 0.1) is 0 Å². The average Bonchev–Trinajstić information content (AvgIpc) is 2.43. The number of rotatable bonds is 1. The summed E-state index contributed by atoms with van der Waals surface area (Å²) in [6.45, 7) is 13.3. The summed E-state index contributed by atoms with van der Waals surface area (Å²) in [6, 6.07) is 0. The molecule has 0 N–H and O–H groups in total. The van der Waals surface area contributed by atoms with Gasteiger partial charge in [-0.3, -0.25) is 0 Å². The molecule has 1 aliphatic heterocycles. The molecule has 0 aliphatic carbocycles. The molecule has 1 rings (SSSR count). The van der Waals surface area contributed by atoms with Gasteiger partial charge < -0.3 is 9.64 Å². The predicted molar refractivity (Wildman–Crippen MR) is 66.7 cm³/mol. The van der Waals surface area contributed by atoms with Gasteiger partial charge in [0.05, 0.1) is 5.54 Å². The largest absolute Gasteiger partial charge is 0.477 e. The first kappa shape index (κ1) is 14.1. The molecule has 0 amide bonds. The van der Waals surface area contributed by atoms with Gasteiger partial charge in [0.25, 0.3) is 0 Å². The summed E-state index contributed by atoms with van der Waals surface area (Å²) in [7, 11) is 2.07. The van der Waals surface area contributed by atoms with Gasteiger partial charge in [-0.25, -0.2) is 0 Å². The summed E-state index contributed by atoms with van der Waals surface area (Å²) in [5, 5.41) is 0. The number of nitrogens with zero attached hydrogens (tertiary/aromatic N) is 1. The van der Waals surface area contributed by atoms with Crippen LogP contribution in [0.5, 0.6) is 0 Å². The molecule has 0 aromatic heterocycles. The van der Waals surface area contributed by atoms with Crippen molar-refractivity contribution in [1.82, 2.24) is 4.90 Å². The molecule has 1 heterocycles. The molecule has 2 nitrogen and oxygen atoms in total. The molecular weight excluding hydrogens is 186 g/mol. The standard InChI is InChI=1S/C11H19NO.C2H6/c1-9(2)6-7-10-12(5)11(3,4)8-13-10;1-2/h6-7H,8H2,1-5H3;1-2H3/b10-7+;. The van der Waals surface area contributed by atoms with Gasteiger partial charge in [-0.05, 0) is 33.8 Å². The third kappa shape index (κ3) is 3.98. The maximum absolute atomic E-state index is 5.57. The molecule has 0 saturated carbocycles. The van der Waals surface area contributed by atoms with Gasteiger partial charge in [-0.15, -0.1) is 0 Å². The number of likely N-dealkylation sites (N-methyl/N-ethyl adjacent to an activating group) is 1. The number of allylic oxidation sites excluding steroid dienone is 3. The van der Waals surface area contributed by atoms with E-state index in [0.717, 1.165) is 12.5 Å². The van der Waals surface area contributed by atoms with Crippen molar-refractivity contribution in [3.63, 3.8) is 0 Å². The molecule has 2 heteroatoms. The molecule has 0 spiro atoms. The number of hydrogen-bond acceptors (Lipinski definition) is 2. The van der Waals surface area contributed by atoms with Crippen LogP contribution in [0.4, 0.5) is 0 Å². The molecule has 0 aromatic rings. The van der Waals surface area contributed by atoms with E-state index in [2.05, 4.69) is 45.7 Å². The lowest BCUT2D eigenvalue weighted by atomic mass is 10.1. The molecule has 1 fully saturated rings. The topological polar surface area (TPSA) is 12.5 Å². The Kier molecular flexibility index (Phi) is 5.48.